The molecule has 0 amide bonds. The van der Waals surface area contributed by atoms with Crippen LogP contribution in [0.1, 0.15) is 22.8 Å². The molecule has 0 aliphatic rings. The zero-order valence-corrected chi connectivity index (χ0v) is 9.59. The lowest BCUT2D eigenvalue weighted by Gasteiger charge is -2.06. The number of carbonyl (C=O) groups is 1. The maximum absolute atomic E-state index is 11.9. The number of benzene rings is 1. The molecule has 17 heavy (non-hydrogen) atoms. The molecule has 0 aliphatic carbocycles. The zero-order chi connectivity index (χ0) is 12.3. The number of hydrogen-bond acceptors (Lipinski definition) is 2. The molecule has 0 bridgehead atoms. The summed E-state index contributed by atoms with van der Waals surface area (Å²) < 4.78 is 1.48. The fourth-order valence-electron chi connectivity index (χ4n) is 1.70. The van der Waals surface area contributed by atoms with Gasteiger partial charge in [-0.1, -0.05) is 19.1 Å². The smallest absolute Gasteiger partial charge is 0.265 e. The number of aromatic nitrogens is 1. The maximum atomic E-state index is 11.9. The first-order valence-electron chi connectivity index (χ1n) is 5.52. The van der Waals surface area contributed by atoms with Gasteiger partial charge in [-0.25, -0.2) is 0 Å². The molecule has 0 spiro atoms. The van der Waals surface area contributed by atoms with E-state index in [0.717, 1.165) is 12.1 Å². The monoisotopic (exact) mass is 227 g/mol. The van der Waals surface area contributed by atoms with Gasteiger partial charge in [-0.2, -0.15) is 0 Å². The average molecular weight is 227 g/mol. The van der Waals surface area contributed by atoms with Gasteiger partial charge in [0.1, 0.15) is 0 Å². The summed E-state index contributed by atoms with van der Waals surface area (Å²) in [5.41, 5.74) is 1.88. The standard InChI is InChI=1S/C14H13NO2/c1-2-11-5-7-13(8-6-11)15-9-3-4-12(10-16)14(15)17/h3-10H,2H2,1H3. The fraction of sp³-hybridized carbons (Fsp3) is 0.143. The first kappa shape index (κ1) is 11.3. The van der Waals surface area contributed by atoms with Gasteiger partial charge < -0.3 is 0 Å². The number of nitrogens with zero attached hydrogens (tertiary/aromatic N) is 1. The van der Waals surface area contributed by atoms with Gasteiger partial charge in [0.05, 0.1) is 5.56 Å². The Hall–Kier alpha value is -2.16. The van der Waals surface area contributed by atoms with Crippen LogP contribution in [0.4, 0.5) is 0 Å². The predicted molar refractivity (Wildman–Crippen MR) is 66.8 cm³/mol. The first-order valence-corrected chi connectivity index (χ1v) is 5.52. The number of carbonyl (C=O) groups excluding carboxylic acids is 1. The van der Waals surface area contributed by atoms with E-state index in [1.54, 1.807) is 12.3 Å². The van der Waals surface area contributed by atoms with Crippen molar-refractivity contribution in [2.45, 2.75) is 13.3 Å². The molecular formula is C14H13NO2. The third kappa shape index (κ3) is 2.18. The molecule has 2 rings (SSSR count). The van der Waals surface area contributed by atoms with E-state index in [1.165, 1.54) is 16.2 Å². The molecule has 0 fully saturated rings. The van der Waals surface area contributed by atoms with E-state index in [2.05, 4.69) is 6.92 Å². The summed E-state index contributed by atoms with van der Waals surface area (Å²) in [4.78, 5) is 22.6. The Labute approximate surface area is 99.3 Å². The lowest BCUT2D eigenvalue weighted by molar-refractivity contribution is 0.112. The highest BCUT2D eigenvalue weighted by Gasteiger charge is 2.03. The van der Waals surface area contributed by atoms with Crippen LogP contribution in [0.5, 0.6) is 0 Å². The molecule has 2 aromatic rings. The van der Waals surface area contributed by atoms with Gasteiger partial charge in [-0.15, -0.1) is 0 Å². The predicted octanol–water partition coefficient (Wildman–Crippen LogP) is 2.21. The maximum Gasteiger partial charge on any atom is 0.265 e. The summed E-state index contributed by atoms with van der Waals surface area (Å²) in [6.45, 7) is 2.08. The van der Waals surface area contributed by atoms with E-state index in [1.807, 2.05) is 24.3 Å². The van der Waals surface area contributed by atoms with Crippen molar-refractivity contribution in [3.8, 4) is 5.69 Å². The molecule has 1 aromatic carbocycles. The largest absolute Gasteiger partial charge is 0.298 e. The Morgan fingerprint density at radius 2 is 1.88 bits per heavy atom. The van der Waals surface area contributed by atoms with Gasteiger partial charge in [0.15, 0.2) is 6.29 Å². The van der Waals surface area contributed by atoms with Crippen LogP contribution in [0.3, 0.4) is 0 Å². The molecule has 1 aromatic heterocycles. The quantitative estimate of drug-likeness (QED) is 0.754. The van der Waals surface area contributed by atoms with Crippen molar-refractivity contribution < 1.29 is 4.79 Å². The minimum atomic E-state index is -0.285. The molecule has 0 saturated heterocycles. The summed E-state index contributed by atoms with van der Waals surface area (Å²) >= 11 is 0. The van der Waals surface area contributed by atoms with Crippen molar-refractivity contribution in [1.29, 1.82) is 0 Å². The third-order valence-corrected chi connectivity index (χ3v) is 2.73. The minimum absolute atomic E-state index is 0.173. The number of aldehydes is 1. The highest BCUT2D eigenvalue weighted by molar-refractivity contribution is 5.74. The molecule has 3 heteroatoms. The normalized spacial score (nSPS) is 10.2. The van der Waals surface area contributed by atoms with Crippen LogP contribution in [0.2, 0.25) is 0 Å². The lowest BCUT2D eigenvalue weighted by Crippen LogP contribution is -2.20. The SMILES string of the molecule is CCc1ccc(-n2cccc(C=O)c2=O)cc1. The van der Waals surface area contributed by atoms with Crippen LogP contribution in [0.25, 0.3) is 5.69 Å². The summed E-state index contributed by atoms with van der Waals surface area (Å²) in [5.74, 6) is 0. The van der Waals surface area contributed by atoms with Gasteiger partial charge in [0.25, 0.3) is 5.56 Å². The van der Waals surface area contributed by atoms with Crippen LogP contribution in [-0.4, -0.2) is 10.9 Å². The van der Waals surface area contributed by atoms with Crippen molar-refractivity contribution in [3.63, 3.8) is 0 Å². The second kappa shape index (κ2) is 4.78. The molecule has 0 unspecified atom stereocenters. The van der Waals surface area contributed by atoms with Crippen LogP contribution in [0, 0.1) is 0 Å². The molecule has 1 heterocycles. The van der Waals surface area contributed by atoms with Crippen LogP contribution >= 0.6 is 0 Å². The van der Waals surface area contributed by atoms with Crippen molar-refractivity contribution in [2.24, 2.45) is 0 Å². The van der Waals surface area contributed by atoms with Gasteiger partial charge in [0, 0.05) is 11.9 Å². The molecule has 3 nitrogen and oxygen atoms in total. The molecule has 86 valence electrons. The highest BCUT2D eigenvalue weighted by Crippen LogP contribution is 2.08. The van der Waals surface area contributed by atoms with E-state index >= 15 is 0 Å². The first-order chi connectivity index (χ1) is 8.26. The van der Waals surface area contributed by atoms with Gasteiger partial charge in [-0.3, -0.25) is 14.2 Å². The number of pyridine rings is 1. The highest BCUT2D eigenvalue weighted by atomic mass is 16.1. The summed E-state index contributed by atoms with van der Waals surface area (Å²) in [7, 11) is 0. The van der Waals surface area contributed by atoms with E-state index < -0.39 is 0 Å². The molecule has 0 atom stereocenters. The van der Waals surface area contributed by atoms with Crippen molar-refractivity contribution in [3.05, 3.63) is 64.1 Å². The average Bonchev–Trinajstić information content (AvgIpc) is 2.39. The molecule has 0 aliphatic heterocycles. The number of hydrogen-bond donors (Lipinski definition) is 0. The zero-order valence-electron chi connectivity index (χ0n) is 9.59. The minimum Gasteiger partial charge on any atom is -0.298 e. The van der Waals surface area contributed by atoms with E-state index in [9.17, 15) is 9.59 Å². The summed E-state index contributed by atoms with van der Waals surface area (Å²) in [6.07, 6.45) is 3.21. The Balaban J connectivity index is 2.52. The van der Waals surface area contributed by atoms with Crippen LogP contribution in [0.15, 0.2) is 47.4 Å². The van der Waals surface area contributed by atoms with Gasteiger partial charge in [0.2, 0.25) is 0 Å². The van der Waals surface area contributed by atoms with Crippen molar-refractivity contribution in [1.82, 2.24) is 4.57 Å². The topological polar surface area (TPSA) is 39.1 Å². The Morgan fingerprint density at radius 1 is 1.18 bits per heavy atom. The molecule has 0 N–H and O–H groups in total. The molecule has 0 saturated carbocycles. The molecule has 0 radical (unpaired) electrons. The summed E-state index contributed by atoms with van der Waals surface area (Å²) in [5, 5.41) is 0. The lowest BCUT2D eigenvalue weighted by atomic mass is 10.1. The van der Waals surface area contributed by atoms with E-state index in [-0.39, 0.29) is 11.1 Å². The van der Waals surface area contributed by atoms with Crippen LogP contribution < -0.4 is 5.56 Å². The number of rotatable bonds is 3. The van der Waals surface area contributed by atoms with Gasteiger partial charge in [-0.05, 0) is 36.2 Å². The van der Waals surface area contributed by atoms with Crippen molar-refractivity contribution >= 4 is 6.29 Å². The second-order valence-corrected chi connectivity index (χ2v) is 3.78. The Kier molecular flexibility index (Phi) is 3.19. The fourth-order valence-corrected chi connectivity index (χ4v) is 1.70. The van der Waals surface area contributed by atoms with Gasteiger partial charge >= 0.3 is 0 Å². The third-order valence-electron chi connectivity index (χ3n) is 2.73. The van der Waals surface area contributed by atoms with E-state index in [4.69, 9.17) is 0 Å². The Morgan fingerprint density at radius 3 is 2.47 bits per heavy atom. The van der Waals surface area contributed by atoms with E-state index in [0.29, 0.717) is 6.29 Å². The Bertz CT molecular complexity index is 582. The number of aryl methyl sites for hydroxylation is 1. The molecular weight excluding hydrogens is 214 g/mol. The van der Waals surface area contributed by atoms with Crippen LogP contribution in [-0.2, 0) is 6.42 Å². The van der Waals surface area contributed by atoms with Crippen molar-refractivity contribution in [2.75, 3.05) is 0 Å². The second-order valence-electron chi connectivity index (χ2n) is 3.78. The summed E-state index contributed by atoms with van der Waals surface area (Å²) in [6, 6.07) is 10.9.